The van der Waals surface area contributed by atoms with Crippen molar-refractivity contribution in [3.8, 4) is 17.2 Å². The van der Waals surface area contributed by atoms with Crippen molar-refractivity contribution in [1.82, 2.24) is 10.9 Å². The Morgan fingerprint density at radius 1 is 0.893 bits per heavy atom. The molecule has 0 aliphatic heterocycles. The molecule has 0 unspecified atom stereocenters. The van der Waals surface area contributed by atoms with Crippen LogP contribution in [0.25, 0.3) is 0 Å². The Morgan fingerprint density at radius 2 is 1.43 bits per heavy atom. The highest BCUT2D eigenvalue weighted by molar-refractivity contribution is 6.00. The quantitative estimate of drug-likeness (QED) is 0.571. The summed E-state index contributed by atoms with van der Waals surface area (Å²) in [5, 5.41) is 10.8. The van der Waals surface area contributed by atoms with Crippen LogP contribution in [-0.4, -0.2) is 38.1 Å². The number of ether oxygens (including phenoxy) is 3. The Hall–Kier alpha value is -3.82. The van der Waals surface area contributed by atoms with Gasteiger partial charge in [-0.1, -0.05) is 0 Å². The van der Waals surface area contributed by atoms with E-state index in [0.29, 0.717) is 11.3 Å². The molecule has 2 aromatic carbocycles. The van der Waals surface area contributed by atoms with E-state index in [1.807, 2.05) is 0 Å². The molecule has 2 rings (SSSR count). The molecule has 0 atom stereocenters. The summed E-state index contributed by atoms with van der Waals surface area (Å²) in [6.45, 7) is 1.52. The summed E-state index contributed by atoms with van der Waals surface area (Å²) in [7, 11) is 4.27. The number of rotatable bonds is 6. The molecule has 10 heteroatoms. The number of nitrogens with one attached hydrogen (secondary N) is 2. The Kier molecular flexibility index (Phi) is 6.38. The van der Waals surface area contributed by atoms with Crippen LogP contribution >= 0.6 is 0 Å². The van der Waals surface area contributed by atoms with E-state index in [0.717, 1.165) is 0 Å². The van der Waals surface area contributed by atoms with Gasteiger partial charge in [0.1, 0.15) is 0 Å². The van der Waals surface area contributed by atoms with Crippen molar-refractivity contribution >= 4 is 17.5 Å². The summed E-state index contributed by atoms with van der Waals surface area (Å²) in [6, 6.07) is 6.74. The number of methoxy groups -OCH3 is 3. The molecule has 0 saturated carbocycles. The number of nitro benzene ring substituents is 1. The number of nitrogens with zero attached hydrogens (tertiary/aromatic N) is 1. The Labute approximate surface area is 160 Å². The zero-order chi connectivity index (χ0) is 20.8. The SMILES string of the molecule is COc1cc(C(=O)NNC(=O)c2ccc([N+](=O)[O-])c(C)c2)cc(OC)c1OC. The molecule has 0 fully saturated rings. The number of hydrogen-bond acceptors (Lipinski definition) is 7. The molecule has 2 amide bonds. The van der Waals surface area contributed by atoms with Crippen LogP contribution in [0.4, 0.5) is 5.69 Å². The number of hydrazine groups is 1. The lowest BCUT2D eigenvalue weighted by Crippen LogP contribution is -2.41. The third-order valence-electron chi connectivity index (χ3n) is 3.87. The molecule has 0 aliphatic carbocycles. The lowest BCUT2D eigenvalue weighted by molar-refractivity contribution is -0.385. The zero-order valence-corrected chi connectivity index (χ0v) is 15.7. The fourth-order valence-corrected chi connectivity index (χ4v) is 2.47. The lowest BCUT2D eigenvalue weighted by atomic mass is 10.1. The number of hydrogen-bond donors (Lipinski definition) is 2. The zero-order valence-electron chi connectivity index (χ0n) is 15.7. The van der Waals surface area contributed by atoms with E-state index in [2.05, 4.69) is 10.9 Å². The third kappa shape index (κ3) is 4.29. The summed E-state index contributed by atoms with van der Waals surface area (Å²) in [4.78, 5) is 34.9. The standard InChI is InChI=1S/C18H19N3O7/c1-10-7-11(5-6-13(10)21(24)25)17(22)19-20-18(23)12-8-14(26-2)16(28-4)15(9-12)27-3/h5-9H,1-4H3,(H,19,22)(H,20,23). The second kappa shape index (κ2) is 8.71. The summed E-state index contributed by atoms with van der Waals surface area (Å²) in [5.74, 6) is -0.356. The van der Waals surface area contributed by atoms with E-state index in [-0.39, 0.29) is 28.3 Å². The van der Waals surface area contributed by atoms with Crippen molar-refractivity contribution < 1.29 is 28.7 Å². The molecule has 0 heterocycles. The maximum atomic E-state index is 12.4. The molecule has 0 aromatic heterocycles. The normalized spacial score (nSPS) is 10.0. The van der Waals surface area contributed by atoms with Crippen molar-refractivity contribution in [3.05, 3.63) is 57.1 Å². The Bertz CT molecular complexity index is 902. The first-order valence-electron chi connectivity index (χ1n) is 7.98. The summed E-state index contributed by atoms with van der Waals surface area (Å²) >= 11 is 0. The molecular formula is C18H19N3O7. The highest BCUT2D eigenvalue weighted by Gasteiger charge is 2.18. The Morgan fingerprint density at radius 3 is 1.86 bits per heavy atom. The fourth-order valence-electron chi connectivity index (χ4n) is 2.47. The average molecular weight is 389 g/mol. The van der Waals surface area contributed by atoms with Gasteiger partial charge in [-0.3, -0.25) is 30.6 Å². The van der Waals surface area contributed by atoms with E-state index in [1.54, 1.807) is 0 Å². The Balaban J connectivity index is 2.14. The van der Waals surface area contributed by atoms with E-state index in [9.17, 15) is 19.7 Å². The van der Waals surface area contributed by atoms with Crippen LogP contribution in [-0.2, 0) is 0 Å². The molecule has 0 bridgehead atoms. The van der Waals surface area contributed by atoms with Crippen LogP contribution in [0, 0.1) is 17.0 Å². The van der Waals surface area contributed by atoms with Gasteiger partial charge in [0, 0.05) is 22.8 Å². The van der Waals surface area contributed by atoms with Crippen molar-refractivity contribution in [1.29, 1.82) is 0 Å². The van der Waals surface area contributed by atoms with Crippen LogP contribution in [0.1, 0.15) is 26.3 Å². The number of aryl methyl sites for hydroxylation is 1. The van der Waals surface area contributed by atoms with Gasteiger partial charge in [-0.25, -0.2) is 0 Å². The van der Waals surface area contributed by atoms with E-state index >= 15 is 0 Å². The van der Waals surface area contributed by atoms with Crippen LogP contribution in [0.3, 0.4) is 0 Å². The van der Waals surface area contributed by atoms with Gasteiger partial charge in [0.25, 0.3) is 17.5 Å². The van der Waals surface area contributed by atoms with Gasteiger partial charge >= 0.3 is 0 Å². The summed E-state index contributed by atoms with van der Waals surface area (Å²) < 4.78 is 15.5. The number of carbonyl (C=O) groups excluding carboxylic acids is 2. The average Bonchev–Trinajstić information content (AvgIpc) is 2.69. The predicted molar refractivity (Wildman–Crippen MR) is 98.9 cm³/mol. The molecule has 2 aromatic rings. The first kappa shape index (κ1) is 20.5. The summed E-state index contributed by atoms with van der Waals surface area (Å²) in [5.41, 5.74) is 5.08. The highest BCUT2D eigenvalue weighted by atomic mass is 16.6. The number of amides is 2. The maximum Gasteiger partial charge on any atom is 0.272 e. The minimum absolute atomic E-state index is 0.0991. The van der Waals surface area contributed by atoms with Crippen LogP contribution in [0.2, 0.25) is 0 Å². The number of benzene rings is 2. The second-order valence-electron chi connectivity index (χ2n) is 5.58. The van der Waals surface area contributed by atoms with Crippen LogP contribution in [0.5, 0.6) is 17.2 Å². The highest BCUT2D eigenvalue weighted by Crippen LogP contribution is 2.38. The van der Waals surface area contributed by atoms with Crippen LogP contribution in [0.15, 0.2) is 30.3 Å². The lowest BCUT2D eigenvalue weighted by Gasteiger charge is -2.14. The molecule has 0 spiro atoms. The van der Waals surface area contributed by atoms with E-state index in [1.165, 1.54) is 58.6 Å². The van der Waals surface area contributed by atoms with E-state index in [4.69, 9.17) is 14.2 Å². The molecular weight excluding hydrogens is 370 g/mol. The van der Waals surface area contributed by atoms with Gasteiger partial charge in [-0.15, -0.1) is 0 Å². The molecule has 0 aliphatic rings. The molecule has 28 heavy (non-hydrogen) atoms. The smallest absolute Gasteiger partial charge is 0.272 e. The van der Waals surface area contributed by atoms with Gasteiger partial charge in [0.2, 0.25) is 5.75 Å². The molecule has 2 N–H and O–H groups in total. The minimum atomic E-state index is -0.626. The largest absolute Gasteiger partial charge is 0.493 e. The van der Waals surface area contributed by atoms with Crippen molar-refractivity contribution in [3.63, 3.8) is 0 Å². The third-order valence-corrected chi connectivity index (χ3v) is 3.87. The van der Waals surface area contributed by atoms with Crippen LogP contribution < -0.4 is 25.1 Å². The van der Waals surface area contributed by atoms with Gasteiger partial charge in [0.05, 0.1) is 26.3 Å². The molecule has 0 radical (unpaired) electrons. The van der Waals surface area contributed by atoms with E-state index < -0.39 is 16.7 Å². The fraction of sp³-hybridized carbons (Fsp3) is 0.222. The van der Waals surface area contributed by atoms with Crippen molar-refractivity contribution in [2.75, 3.05) is 21.3 Å². The van der Waals surface area contributed by atoms with Gasteiger partial charge in [-0.05, 0) is 31.2 Å². The summed E-state index contributed by atoms with van der Waals surface area (Å²) in [6.07, 6.45) is 0. The van der Waals surface area contributed by atoms with Crippen molar-refractivity contribution in [2.24, 2.45) is 0 Å². The van der Waals surface area contributed by atoms with Gasteiger partial charge < -0.3 is 14.2 Å². The second-order valence-corrected chi connectivity index (χ2v) is 5.58. The number of carbonyl (C=O) groups is 2. The first-order chi connectivity index (χ1) is 13.3. The number of nitro groups is 1. The van der Waals surface area contributed by atoms with Crippen molar-refractivity contribution in [2.45, 2.75) is 6.92 Å². The van der Waals surface area contributed by atoms with Gasteiger partial charge in [0.15, 0.2) is 11.5 Å². The monoisotopic (exact) mass is 389 g/mol. The molecule has 0 saturated heterocycles. The van der Waals surface area contributed by atoms with Gasteiger partial charge in [-0.2, -0.15) is 0 Å². The topological polar surface area (TPSA) is 129 Å². The minimum Gasteiger partial charge on any atom is -0.493 e. The molecule has 148 valence electrons. The molecule has 10 nitrogen and oxygen atoms in total. The predicted octanol–water partition coefficient (Wildman–Crippen LogP) is 2.00. The maximum absolute atomic E-state index is 12.4. The first-order valence-corrected chi connectivity index (χ1v) is 7.98.